The van der Waals surface area contributed by atoms with Gasteiger partial charge in [0, 0.05) is 38.4 Å². The number of carbonyl (C=O) groups excluding carboxylic acids is 2. The molecule has 2 aromatic rings. The van der Waals surface area contributed by atoms with Gasteiger partial charge in [-0.15, -0.1) is 0 Å². The minimum atomic E-state index is -0.729. The van der Waals surface area contributed by atoms with E-state index in [2.05, 4.69) is 15.5 Å². The minimum Gasteiger partial charge on any atom is -0.493 e. The molecular formula is C26H31FN4O5. The van der Waals surface area contributed by atoms with Gasteiger partial charge < -0.3 is 29.7 Å². The Morgan fingerprint density at radius 3 is 2.44 bits per heavy atom. The van der Waals surface area contributed by atoms with Crippen LogP contribution in [0, 0.1) is 5.82 Å². The molecule has 2 heterocycles. The number of anilines is 1. The number of rotatable bonds is 8. The van der Waals surface area contributed by atoms with Crippen LogP contribution in [0.4, 0.5) is 14.9 Å². The number of hydrogen-bond donors (Lipinski definition) is 2. The van der Waals surface area contributed by atoms with Gasteiger partial charge in [-0.3, -0.25) is 4.90 Å². The van der Waals surface area contributed by atoms with Crippen molar-refractivity contribution in [3.05, 3.63) is 65.1 Å². The maximum atomic E-state index is 14.2. The number of piperazine rings is 1. The molecule has 1 saturated heterocycles. The summed E-state index contributed by atoms with van der Waals surface area (Å²) in [6, 6.07) is 10.8. The molecule has 0 aromatic heterocycles. The van der Waals surface area contributed by atoms with Crippen LogP contribution in [0.2, 0.25) is 0 Å². The summed E-state index contributed by atoms with van der Waals surface area (Å²) in [5.41, 5.74) is 2.05. The predicted octanol–water partition coefficient (Wildman–Crippen LogP) is 2.84. The summed E-state index contributed by atoms with van der Waals surface area (Å²) in [6.45, 7) is 4.79. The van der Waals surface area contributed by atoms with Crippen LogP contribution in [0.25, 0.3) is 0 Å². The Morgan fingerprint density at radius 1 is 1.06 bits per heavy atom. The van der Waals surface area contributed by atoms with Gasteiger partial charge in [-0.1, -0.05) is 18.2 Å². The van der Waals surface area contributed by atoms with E-state index in [1.165, 1.54) is 20.3 Å². The second-order valence-corrected chi connectivity index (χ2v) is 8.47. The molecular weight excluding hydrogens is 467 g/mol. The molecule has 0 bridgehead atoms. The number of halogens is 1. The highest BCUT2D eigenvalue weighted by Crippen LogP contribution is 2.34. The maximum absolute atomic E-state index is 14.2. The lowest BCUT2D eigenvalue weighted by Gasteiger charge is -2.38. The minimum absolute atomic E-state index is 0.198. The molecule has 2 aromatic carbocycles. The van der Waals surface area contributed by atoms with Crippen molar-refractivity contribution in [2.75, 3.05) is 58.5 Å². The van der Waals surface area contributed by atoms with Gasteiger partial charge in [0.2, 0.25) is 0 Å². The standard InChI is InChI=1S/C26H31FN4O5/c1-4-36-25(32)23-19(16-30-11-13-31(14-12-30)20-8-6-5-7-18(20)27)28-26(33)29-24(23)17-9-10-21(34-2)22(15-17)35-3/h5-10,15,24H,4,11-14,16H2,1-3H3,(H2,28,29,33). The van der Waals surface area contributed by atoms with E-state index in [0.29, 0.717) is 66.7 Å². The molecule has 0 saturated carbocycles. The third-order valence-corrected chi connectivity index (χ3v) is 6.34. The first-order chi connectivity index (χ1) is 17.4. The third-order valence-electron chi connectivity index (χ3n) is 6.34. The van der Waals surface area contributed by atoms with Gasteiger partial charge in [0.1, 0.15) is 5.82 Å². The average molecular weight is 499 g/mol. The largest absolute Gasteiger partial charge is 0.493 e. The molecule has 36 heavy (non-hydrogen) atoms. The first-order valence-corrected chi connectivity index (χ1v) is 11.9. The summed E-state index contributed by atoms with van der Waals surface area (Å²) < 4.78 is 30.3. The molecule has 4 rings (SSSR count). The van der Waals surface area contributed by atoms with Crippen LogP contribution in [0.3, 0.4) is 0 Å². The first-order valence-electron chi connectivity index (χ1n) is 11.9. The fraction of sp³-hybridized carbons (Fsp3) is 0.385. The maximum Gasteiger partial charge on any atom is 0.338 e. The van der Waals surface area contributed by atoms with Crippen LogP contribution >= 0.6 is 0 Å². The Balaban J connectivity index is 1.60. The van der Waals surface area contributed by atoms with Gasteiger partial charge in [-0.2, -0.15) is 0 Å². The van der Waals surface area contributed by atoms with E-state index in [9.17, 15) is 14.0 Å². The van der Waals surface area contributed by atoms with Crippen molar-refractivity contribution in [1.29, 1.82) is 0 Å². The Bertz CT molecular complexity index is 1150. The van der Waals surface area contributed by atoms with Crippen molar-refractivity contribution >= 4 is 17.7 Å². The Kier molecular flexibility index (Phi) is 7.94. The number of amides is 2. The van der Waals surface area contributed by atoms with E-state index in [-0.39, 0.29) is 12.4 Å². The molecule has 1 atom stereocenters. The molecule has 1 fully saturated rings. The zero-order chi connectivity index (χ0) is 25.7. The van der Waals surface area contributed by atoms with Crippen LogP contribution < -0.4 is 25.0 Å². The van der Waals surface area contributed by atoms with Crippen LogP contribution in [-0.2, 0) is 9.53 Å². The molecule has 0 aliphatic carbocycles. The van der Waals surface area contributed by atoms with Crippen LogP contribution in [0.1, 0.15) is 18.5 Å². The fourth-order valence-corrected chi connectivity index (χ4v) is 4.55. The Labute approximate surface area is 209 Å². The summed E-state index contributed by atoms with van der Waals surface area (Å²) in [5.74, 6) is 0.263. The number of ether oxygens (including phenoxy) is 3. The quantitative estimate of drug-likeness (QED) is 0.541. The molecule has 2 amide bonds. The summed E-state index contributed by atoms with van der Waals surface area (Å²) in [6.07, 6.45) is 0. The molecule has 2 aliphatic rings. The molecule has 0 spiro atoms. The number of methoxy groups -OCH3 is 2. The molecule has 192 valence electrons. The van der Waals surface area contributed by atoms with Crippen molar-refractivity contribution in [3.63, 3.8) is 0 Å². The average Bonchev–Trinajstić information content (AvgIpc) is 2.89. The normalized spacial score (nSPS) is 18.4. The van der Waals surface area contributed by atoms with Crippen LogP contribution in [0.5, 0.6) is 11.5 Å². The van der Waals surface area contributed by atoms with E-state index >= 15 is 0 Å². The summed E-state index contributed by atoms with van der Waals surface area (Å²) in [4.78, 5) is 29.9. The second kappa shape index (κ2) is 11.3. The number of nitrogens with zero attached hydrogens (tertiary/aromatic N) is 2. The number of para-hydroxylation sites is 1. The van der Waals surface area contributed by atoms with E-state index in [4.69, 9.17) is 14.2 Å². The number of nitrogens with one attached hydrogen (secondary N) is 2. The Hall–Kier alpha value is -3.79. The zero-order valence-electron chi connectivity index (χ0n) is 20.7. The smallest absolute Gasteiger partial charge is 0.338 e. The lowest BCUT2D eigenvalue weighted by atomic mass is 9.94. The lowest BCUT2D eigenvalue weighted by Crippen LogP contribution is -2.52. The highest BCUT2D eigenvalue weighted by Gasteiger charge is 2.35. The lowest BCUT2D eigenvalue weighted by molar-refractivity contribution is -0.139. The van der Waals surface area contributed by atoms with Gasteiger partial charge in [0.05, 0.1) is 38.1 Å². The zero-order valence-corrected chi connectivity index (χ0v) is 20.7. The Morgan fingerprint density at radius 2 is 1.78 bits per heavy atom. The van der Waals surface area contributed by atoms with Gasteiger partial charge in [0.25, 0.3) is 0 Å². The molecule has 9 nitrogen and oxygen atoms in total. The van der Waals surface area contributed by atoms with Gasteiger partial charge >= 0.3 is 12.0 Å². The monoisotopic (exact) mass is 498 g/mol. The topological polar surface area (TPSA) is 92.4 Å². The van der Waals surface area contributed by atoms with Crippen LogP contribution in [-0.4, -0.2) is 70.5 Å². The van der Waals surface area contributed by atoms with Gasteiger partial charge in [-0.05, 0) is 36.8 Å². The number of benzene rings is 2. The van der Waals surface area contributed by atoms with Gasteiger partial charge in [-0.25, -0.2) is 14.0 Å². The molecule has 2 aliphatic heterocycles. The molecule has 0 radical (unpaired) electrons. The number of urea groups is 1. The van der Waals surface area contributed by atoms with Crippen molar-refractivity contribution in [2.24, 2.45) is 0 Å². The second-order valence-electron chi connectivity index (χ2n) is 8.47. The molecule has 10 heteroatoms. The highest BCUT2D eigenvalue weighted by molar-refractivity contribution is 5.95. The number of hydrogen-bond acceptors (Lipinski definition) is 7. The summed E-state index contributed by atoms with van der Waals surface area (Å²) in [5, 5.41) is 5.65. The summed E-state index contributed by atoms with van der Waals surface area (Å²) in [7, 11) is 3.06. The number of carbonyl (C=O) groups is 2. The van der Waals surface area contributed by atoms with E-state index in [0.717, 1.165) is 0 Å². The SMILES string of the molecule is CCOC(=O)C1=C(CN2CCN(c3ccccc3F)CC2)NC(=O)NC1c1ccc(OC)c(OC)c1. The predicted molar refractivity (Wildman–Crippen MR) is 133 cm³/mol. The first kappa shape index (κ1) is 25.3. The van der Waals surface area contributed by atoms with Gasteiger partial charge in [0.15, 0.2) is 11.5 Å². The van der Waals surface area contributed by atoms with Crippen molar-refractivity contribution in [3.8, 4) is 11.5 Å². The third kappa shape index (κ3) is 5.38. The molecule has 1 unspecified atom stereocenters. The van der Waals surface area contributed by atoms with E-state index in [1.54, 1.807) is 37.3 Å². The molecule has 2 N–H and O–H groups in total. The van der Waals surface area contributed by atoms with Crippen molar-refractivity contribution in [2.45, 2.75) is 13.0 Å². The van der Waals surface area contributed by atoms with Crippen molar-refractivity contribution < 1.29 is 28.2 Å². The van der Waals surface area contributed by atoms with Crippen LogP contribution in [0.15, 0.2) is 53.7 Å². The van der Waals surface area contributed by atoms with E-state index in [1.807, 2.05) is 11.0 Å². The number of esters is 1. The summed E-state index contributed by atoms with van der Waals surface area (Å²) >= 11 is 0. The van der Waals surface area contributed by atoms with E-state index < -0.39 is 18.0 Å². The van der Waals surface area contributed by atoms with Crippen molar-refractivity contribution in [1.82, 2.24) is 15.5 Å². The fourth-order valence-electron chi connectivity index (χ4n) is 4.55. The highest BCUT2D eigenvalue weighted by atomic mass is 19.1.